The maximum absolute atomic E-state index is 13.5. The normalized spacial score (nSPS) is 19.5. The first-order valence-corrected chi connectivity index (χ1v) is 14.3. The smallest absolute Gasteiger partial charge is 0.224 e. The molecule has 2 atom stereocenters. The summed E-state index contributed by atoms with van der Waals surface area (Å²) in [6.07, 6.45) is 9.01. The van der Waals surface area contributed by atoms with Gasteiger partial charge in [-0.25, -0.2) is 8.42 Å². The number of amides is 2. The Balaban J connectivity index is 1.61. The molecule has 0 bridgehead atoms. The maximum atomic E-state index is 13.5. The van der Waals surface area contributed by atoms with Crippen LogP contribution in [-0.2, 0) is 25.8 Å². The first kappa shape index (κ1) is 28.9. The van der Waals surface area contributed by atoms with Gasteiger partial charge in [0.25, 0.3) is 0 Å². The third-order valence-corrected chi connectivity index (χ3v) is 8.52. The molecule has 0 saturated heterocycles. The summed E-state index contributed by atoms with van der Waals surface area (Å²) in [6.45, 7) is 2.74. The number of nitrogens with zero attached hydrogens (tertiary/aromatic N) is 2. The van der Waals surface area contributed by atoms with Crippen molar-refractivity contribution in [2.75, 3.05) is 18.4 Å². The van der Waals surface area contributed by atoms with Crippen molar-refractivity contribution in [3.63, 3.8) is 0 Å². The van der Waals surface area contributed by atoms with E-state index < -0.39 is 15.1 Å². The van der Waals surface area contributed by atoms with Crippen molar-refractivity contribution in [1.29, 1.82) is 0 Å². The molecule has 2 aliphatic rings. The van der Waals surface area contributed by atoms with E-state index >= 15 is 0 Å². The summed E-state index contributed by atoms with van der Waals surface area (Å²) < 4.78 is 27.1. The molecule has 0 aromatic heterocycles. The molecule has 1 aliphatic heterocycles. The summed E-state index contributed by atoms with van der Waals surface area (Å²) in [5.74, 6) is -0.0798. The highest BCUT2D eigenvalue weighted by Gasteiger charge is 2.40. The van der Waals surface area contributed by atoms with E-state index in [0.717, 1.165) is 6.42 Å². The maximum Gasteiger partial charge on any atom is 0.224 e. The van der Waals surface area contributed by atoms with Gasteiger partial charge in [-0.15, -0.1) is 0 Å². The van der Waals surface area contributed by atoms with Crippen molar-refractivity contribution in [1.82, 2.24) is 5.32 Å². The lowest BCUT2D eigenvalue weighted by atomic mass is 9.91. The van der Waals surface area contributed by atoms with E-state index in [4.69, 9.17) is 17.2 Å². The zero-order valence-corrected chi connectivity index (χ0v) is 22.5. The predicted octanol–water partition coefficient (Wildman–Crippen LogP) is 1.50. The minimum Gasteiger partial charge on any atom is -0.388 e. The topological polar surface area (TPSA) is 195 Å². The number of nitrogens with one attached hydrogen (secondary N) is 2. The number of allylic oxidation sites excluding steroid dienone is 2. The molecule has 1 aromatic carbocycles. The highest BCUT2D eigenvalue weighted by Crippen LogP contribution is 2.38. The number of hydrogen-bond donors (Lipinski definition) is 5. The zero-order valence-electron chi connectivity index (χ0n) is 21.7. The summed E-state index contributed by atoms with van der Waals surface area (Å²) in [4.78, 5) is 32.9. The molecule has 0 fully saturated rings. The minimum absolute atomic E-state index is 0.0181. The monoisotopic (exact) mass is 543 g/mol. The standard InChI is InChI=1S/C26H37N7O4S/c1-17(27)30-12-4-2-6-24(34)32-20-10-8-18-14-19-9-11-21(16-23(19)38(36,37)22(18)15-20)33-25(35)7-3-5-13-31-26(28)29/h8-11,15-16,18,22H,2-7,12-14H2,1H3,(H2,27,30)(H,32,34)(H,33,35)(H4,28,29,31). The van der Waals surface area contributed by atoms with Crippen LogP contribution in [0.5, 0.6) is 0 Å². The van der Waals surface area contributed by atoms with Gasteiger partial charge in [-0.3, -0.25) is 19.6 Å². The van der Waals surface area contributed by atoms with Gasteiger partial charge in [-0.2, -0.15) is 0 Å². The van der Waals surface area contributed by atoms with Gasteiger partial charge in [0.15, 0.2) is 15.8 Å². The van der Waals surface area contributed by atoms with E-state index in [2.05, 4.69) is 20.6 Å². The summed E-state index contributed by atoms with van der Waals surface area (Å²) >= 11 is 0. The molecule has 2 unspecified atom stereocenters. The van der Waals surface area contributed by atoms with E-state index in [1.807, 2.05) is 6.08 Å². The molecule has 0 saturated carbocycles. The lowest BCUT2D eigenvalue weighted by Crippen LogP contribution is -2.37. The van der Waals surface area contributed by atoms with E-state index in [0.29, 0.717) is 68.0 Å². The molecule has 2 amide bonds. The van der Waals surface area contributed by atoms with Crippen LogP contribution in [0.2, 0.25) is 0 Å². The number of benzene rings is 1. The second-order valence-corrected chi connectivity index (χ2v) is 11.6. The number of nitrogens with two attached hydrogens (primary N) is 3. The van der Waals surface area contributed by atoms with Gasteiger partial charge >= 0.3 is 0 Å². The van der Waals surface area contributed by atoms with Crippen molar-refractivity contribution in [3.8, 4) is 0 Å². The second kappa shape index (κ2) is 13.2. The summed E-state index contributed by atoms with van der Waals surface area (Å²) in [5.41, 5.74) is 17.7. The highest BCUT2D eigenvalue weighted by atomic mass is 32.2. The van der Waals surface area contributed by atoms with Crippen LogP contribution in [0.1, 0.15) is 51.0 Å². The van der Waals surface area contributed by atoms with Crippen LogP contribution in [-0.4, -0.2) is 50.4 Å². The number of fused-ring (bicyclic) bond motifs is 2. The fraction of sp³-hybridized carbons (Fsp3) is 0.462. The molecule has 0 spiro atoms. The quantitative estimate of drug-likeness (QED) is 0.150. The fourth-order valence-corrected chi connectivity index (χ4v) is 6.53. The van der Waals surface area contributed by atoms with Gasteiger partial charge in [0.1, 0.15) is 0 Å². The number of carbonyl (C=O) groups excluding carboxylic acids is 2. The third-order valence-electron chi connectivity index (χ3n) is 6.32. The number of anilines is 1. The lowest BCUT2D eigenvalue weighted by molar-refractivity contribution is -0.120. The van der Waals surface area contributed by atoms with Crippen molar-refractivity contribution in [3.05, 3.63) is 47.7 Å². The minimum atomic E-state index is -3.73. The Morgan fingerprint density at radius 3 is 2.29 bits per heavy atom. The molecule has 1 aromatic rings. The molecule has 8 N–H and O–H groups in total. The van der Waals surface area contributed by atoms with E-state index in [1.54, 1.807) is 31.2 Å². The largest absolute Gasteiger partial charge is 0.388 e. The zero-order chi connectivity index (χ0) is 27.7. The van der Waals surface area contributed by atoms with Crippen LogP contribution < -0.4 is 27.8 Å². The Hall–Kier alpha value is -3.67. The SMILES string of the molecule is CC(N)=NCCCCC(=O)NC1=CC2C(C=C1)Cc1ccc(NC(=O)CCCCN=C(N)N)cc1S2(=O)=O. The Bertz CT molecular complexity index is 1260. The molecule has 38 heavy (non-hydrogen) atoms. The molecule has 1 aliphatic carbocycles. The number of unbranched alkanes of at least 4 members (excludes halogenated alkanes) is 2. The van der Waals surface area contributed by atoms with Gasteiger partial charge in [0.2, 0.25) is 11.8 Å². The average Bonchev–Trinajstić information content (AvgIpc) is 2.84. The molecular formula is C26H37N7O4S. The molecule has 11 nitrogen and oxygen atoms in total. The number of sulfone groups is 1. The van der Waals surface area contributed by atoms with Crippen molar-refractivity contribution in [2.24, 2.45) is 33.1 Å². The number of rotatable bonds is 12. The van der Waals surface area contributed by atoms with Crippen LogP contribution in [0.15, 0.2) is 57.0 Å². The average molecular weight is 544 g/mol. The summed E-state index contributed by atoms with van der Waals surface area (Å²) in [7, 11) is -3.73. The molecule has 206 valence electrons. The molecule has 1 heterocycles. The van der Waals surface area contributed by atoms with Crippen molar-refractivity contribution in [2.45, 2.75) is 62.0 Å². The third kappa shape index (κ3) is 8.17. The van der Waals surface area contributed by atoms with Crippen LogP contribution in [0.4, 0.5) is 5.69 Å². The Kier molecular flexibility index (Phi) is 10.1. The van der Waals surface area contributed by atoms with Gasteiger partial charge in [0, 0.05) is 43.2 Å². The number of aliphatic imine (C=N–C) groups is 2. The molecular weight excluding hydrogens is 506 g/mol. The number of amidine groups is 1. The van der Waals surface area contributed by atoms with Crippen LogP contribution in [0.25, 0.3) is 0 Å². The fourth-order valence-electron chi connectivity index (χ4n) is 4.45. The van der Waals surface area contributed by atoms with Crippen LogP contribution in [0.3, 0.4) is 0 Å². The highest BCUT2D eigenvalue weighted by molar-refractivity contribution is 7.92. The Morgan fingerprint density at radius 2 is 1.63 bits per heavy atom. The van der Waals surface area contributed by atoms with E-state index in [-0.39, 0.29) is 35.0 Å². The Morgan fingerprint density at radius 1 is 0.974 bits per heavy atom. The molecule has 3 rings (SSSR count). The van der Waals surface area contributed by atoms with Crippen molar-refractivity contribution >= 4 is 39.1 Å². The first-order chi connectivity index (χ1) is 18.1. The second-order valence-electron chi connectivity index (χ2n) is 9.52. The van der Waals surface area contributed by atoms with Gasteiger partial charge in [-0.05, 0) is 68.9 Å². The summed E-state index contributed by atoms with van der Waals surface area (Å²) in [6, 6.07) is 5.00. The first-order valence-electron chi connectivity index (χ1n) is 12.7. The van der Waals surface area contributed by atoms with Crippen LogP contribution >= 0.6 is 0 Å². The lowest BCUT2D eigenvalue weighted by Gasteiger charge is -2.32. The van der Waals surface area contributed by atoms with Gasteiger partial charge < -0.3 is 27.8 Å². The van der Waals surface area contributed by atoms with Gasteiger partial charge in [-0.1, -0.05) is 12.1 Å². The Labute approximate surface area is 223 Å². The predicted molar refractivity (Wildman–Crippen MR) is 149 cm³/mol. The van der Waals surface area contributed by atoms with Gasteiger partial charge in [0.05, 0.1) is 16.0 Å². The molecule has 0 radical (unpaired) electrons. The molecule has 12 heteroatoms. The van der Waals surface area contributed by atoms with Crippen LogP contribution in [0, 0.1) is 5.92 Å². The van der Waals surface area contributed by atoms with E-state index in [9.17, 15) is 18.0 Å². The summed E-state index contributed by atoms with van der Waals surface area (Å²) in [5, 5.41) is 4.81. The van der Waals surface area contributed by atoms with Crippen molar-refractivity contribution < 1.29 is 18.0 Å². The number of carbonyl (C=O) groups is 2. The van der Waals surface area contributed by atoms with E-state index in [1.165, 1.54) is 6.07 Å². The number of guanidine groups is 1. The number of hydrogen-bond acceptors (Lipinski definition) is 6.